The van der Waals surface area contributed by atoms with Crippen LogP contribution in [0.1, 0.15) is 17.5 Å². The molecule has 0 radical (unpaired) electrons. The fraction of sp³-hybridized carbons (Fsp3) is 0.182. The SMILES string of the molecule is Cc1nc(-c2ccco2)sc1CNC(=O)C(C)Oc1cccc2ccccc12. The summed E-state index contributed by atoms with van der Waals surface area (Å²) in [6, 6.07) is 17.5. The molecule has 0 saturated carbocycles. The number of hydrogen-bond acceptors (Lipinski definition) is 5. The molecule has 28 heavy (non-hydrogen) atoms. The Morgan fingerprint density at radius 1 is 1.18 bits per heavy atom. The molecular formula is C22H20N2O3S. The molecule has 1 amide bonds. The van der Waals surface area contributed by atoms with Gasteiger partial charge in [-0.1, -0.05) is 36.4 Å². The van der Waals surface area contributed by atoms with Crippen LogP contribution in [-0.4, -0.2) is 17.0 Å². The highest BCUT2D eigenvalue weighted by Crippen LogP contribution is 2.28. The fourth-order valence-electron chi connectivity index (χ4n) is 2.95. The number of nitrogens with zero attached hydrogens (tertiary/aromatic N) is 1. The molecule has 1 atom stereocenters. The predicted molar refractivity (Wildman–Crippen MR) is 110 cm³/mol. The van der Waals surface area contributed by atoms with Crippen LogP contribution >= 0.6 is 11.3 Å². The topological polar surface area (TPSA) is 64.4 Å². The maximum Gasteiger partial charge on any atom is 0.261 e. The number of thiazole rings is 1. The molecule has 5 nitrogen and oxygen atoms in total. The number of amides is 1. The molecular weight excluding hydrogens is 372 g/mol. The maximum absolute atomic E-state index is 12.5. The van der Waals surface area contributed by atoms with Gasteiger partial charge in [-0.05, 0) is 37.4 Å². The Labute approximate surface area is 167 Å². The molecule has 0 saturated heterocycles. The number of aryl methyl sites for hydroxylation is 1. The molecule has 2 aromatic carbocycles. The lowest BCUT2D eigenvalue weighted by atomic mass is 10.1. The van der Waals surface area contributed by atoms with E-state index < -0.39 is 6.10 Å². The summed E-state index contributed by atoms with van der Waals surface area (Å²) in [6.07, 6.45) is 1.02. The summed E-state index contributed by atoms with van der Waals surface area (Å²) < 4.78 is 11.3. The molecule has 0 bridgehead atoms. The van der Waals surface area contributed by atoms with Gasteiger partial charge in [0.1, 0.15) is 5.75 Å². The molecule has 0 fully saturated rings. The minimum atomic E-state index is -0.608. The molecule has 2 heterocycles. The number of ether oxygens (including phenoxy) is 1. The summed E-state index contributed by atoms with van der Waals surface area (Å²) in [7, 11) is 0. The van der Waals surface area contributed by atoms with E-state index in [9.17, 15) is 4.79 Å². The van der Waals surface area contributed by atoms with Crippen LogP contribution < -0.4 is 10.1 Å². The van der Waals surface area contributed by atoms with Crippen LogP contribution in [0.3, 0.4) is 0 Å². The lowest BCUT2D eigenvalue weighted by molar-refractivity contribution is -0.127. The molecule has 0 spiro atoms. The molecule has 1 unspecified atom stereocenters. The summed E-state index contributed by atoms with van der Waals surface area (Å²) in [5.74, 6) is 1.27. The zero-order chi connectivity index (χ0) is 19.5. The molecule has 0 aliphatic rings. The third kappa shape index (κ3) is 3.77. The Morgan fingerprint density at radius 2 is 2.00 bits per heavy atom. The van der Waals surface area contributed by atoms with Crippen LogP contribution in [0.5, 0.6) is 5.75 Å². The van der Waals surface area contributed by atoms with Crippen molar-refractivity contribution in [3.63, 3.8) is 0 Å². The van der Waals surface area contributed by atoms with Crippen molar-refractivity contribution >= 4 is 28.0 Å². The molecule has 142 valence electrons. The van der Waals surface area contributed by atoms with Crippen molar-refractivity contribution in [3.05, 3.63) is 71.4 Å². The second-order valence-electron chi connectivity index (χ2n) is 6.46. The first-order chi connectivity index (χ1) is 13.6. The van der Waals surface area contributed by atoms with E-state index in [1.165, 1.54) is 11.3 Å². The van der Waals surface area contributed by atoms with E-state index in [0.717, 1.165) is 32.1 Å². The third-order valence-corrected chi connectivity index (χ3v) is 5.64. The molecule has 4 aromatic rings. The van der Waals surface area contributed by atoms with Gasteiger partial charge in [-0.3, -0.25) is 4.79 Å². The van der Waals surface area contributed by atoms with Crippen molar-refractivity contribution in [2.45, 2.75) is 26.5 Å². The first-order valence-electron chi connectivity index (χ1n) is 9.04. The second kappa shape index (κ2) is 7.86. The number of benzene rings is 2. The van der Waals surface area contributed by atoms with Gasteiger partial charge in [-0.15, -0.1) is 11.3 Å². The van der Waals surface area contributed by atoms with Crippen LogP contribution in [0.15, 0.2) is 65.3 Å². The van der Waals surface area contributed by atoms with E-state index >= 15 is 0 Å². The average molecular weight is 392 g/mol. The van der Waals surface area contributed by atoms with E-state index in [1.54, 1.807) is 13.2 Å². The van der Waals surface area contributed by atoms with Crippen molar-refractivity contribution < 1.29 is 13.9 Å². The molecule has 6 heteroatoms. The summed E-state index contributed by atoms with van der Waals surface area (Å²) in [5.41, 5.74) is 0.888. The number of hydrogen-bond donors (Lipinski definition) is 1. The van der Waals surface area contributed by atoms with Crippen molar-refractivity contribution in [1.82, 2.24) is 10.3 Å². The first-order valence-corrected chi connectivity index (χ1v) is 9.86. The van der Waals surface area contributed by atoms with Gasteiger partial charge < -0.3 is 14.5 Å². The molecule has 2 aromatic heterocycles. The van der Waals surface area contributed by atoms with Gasteiger partial charge in [0.2, 0.25) is 0 Å². The fourth-order valence-corrected chi connectivity index (χ4v) is 3.92. The monoisotopic (exact) mass is 392 g/mol. The zero-order valence-corrected chi connectivity index (χ0v) is 16.5. The molecule has 4 rings (SSSR count). The smallest absolute Gasteiger partial charge is 0.261 e. The van der Waals surface area contributed by atoms with Crippen LogP contribution in [0.4, 0.5) is 0 Å². The van der Waals surface area contributed by atoms with Gasteiger partial charge in [0.15, 0.2) is 16.9 Å². The van der Waals surface area contributed by atoms with Gasteiger partial charge in [0.05, 0.1) is 18.5 Å². The maximum atomic E-state index is 12.5. The number of aromatic nitrogens is 1. The Bertz CT molecular complexity index is 1100. The van der Waals surface area contributed by atoms with E-state index in [4.69, 9.17) is 9.15 Å². The Hall–Kier alpha value is -3.12. The van der Waals surface area contributed by atoms with Crippen LogP contribution in [0, 0.1) is 6.92 Å². The molecule has 1 N–H and O–H groups in total. The Morgan fingerprint density at radius 3 is 2.82 bits per heavy atom. The largest absolute Gasteiger partial charge is 0.480 e. The number of furan rings is 1. The van der Waals surface area contributed by atoms with Crippen molar-refractivity contribution in [1.29, 1.82) is 0 Å². The van der Waals surface area contributed by atoms with E-state index in [0.29, 0.717) is 12.3 Å². The lowest BCUT2D eigenvalue weighted by Crippen LogP contribution is -2.35. The highest BCUT2D eigenvalue weighted by molar-refractivity contribution is 7.15. The minimum Gasteiger partial charge on any atom is -0.480 e. The van der Waals surface area contributed by atoms with Gasteiger partial charge in [-0.25, -0.2) is 4.98 Å². The normalized spacial score (nSPS) is 12.1. The van der Waals surface area contributed by atoms with Gasteiger partial charge in [0.25, 0.3) is 5.91 Å². The molecule has 0 aliphatic heterocycles. The van der Waals surface area contributed by atoms with Gasteiger partial charge in [0, 0.05) is 10.3 Å². The highest BCUT2D eigenvalue weighted by atomic mass is 32.1. The number of carbonyl (C=O) groups is 1. The van der Waals surface area contributed by atoms with Crippen LogP contribution in [0.25, 0.3) is 21.5 Å². The van der Waals surface area contributed by atoms with E-state index in [-0.39, 0.29) is 5.91 Å². The quantitative estimate of drug-likeness (QED) is 0.504. The van der Waals surface area contributed by atoms with Gasteiger partial charge in [-0.2, -0.15) is 0 Å². The van der Waals surface area contributed by atoms with E-state index in [1.807, 2.05) is 61.5 Å². The Kier molecular flexibility index (Phi) is 5.12. The average Bonchev–Trinajstić information content (AvgIpc) is 3.36. The van der Waals surface area contributed by atoms with Crippen molar-refractivity contribution in [3.8, 4) is 16.5 Å². The summed E-state index contributed by atoms with van der Waals surface area (Å²) in [4.78, 5) is 18.1. The number of fused-ring (bicyclic) bond motifs is 1. The lowest BCUT2D eigenvalue weighted by Gasteiger charge is -2.16. The van der Waals surface area contributed by atoms with Crippen molar-refractivity contribution in [2.24, 2.45) is 0 Å². The third-order valence-electron chi connectivity index (χ3n) is 4.47. The molecule has 0 aliphatic carbocycles. The number of nitrogens with one attached hydrogen (secondary N) is 1. The predicted octanol–water partition coefficient (Wildman–Crippen LogP) is 4.95. The van der Waals surface area contributed by atoms with Gasteiger partial charge >= 0.3 is 0 Å². The number of rotatable bonds is 6. The highest BCUT2D eigenvalue weighted by Gasteiger charge is 2.17. The summed E-state index contributed by atoms with van der Waals surface area (Å²) >= 11 is 1.52. The first kappa shape index (κ1) is 18.3. The summed E-state index contributed by atoms with van der Waals surface area (Å²) in [5, 5.41) is 5.83. The second-order valence-corrected chi connectivity index (χ2v) is 7.54. The standard InChI is InChI=1S/C22H20N2O3S/c1-14-20(28-22(24-14)19-11-6-12-26-19)13-23-21(25)15(2)27-18-10-5-8-16-7-3-4-9-17(16)18/h3-12,15H,13H2,1-2H3,(H,23,25). The summed E-state index contributed by atoms with van der Waals surface area (Å²) in [6.45, 7) is 4.09. The zero-order valence-electron chi connectivity index (χ0n) is 15.6. The number of carbonyl (C=O) groups excluding carboxylic acids is 1. The minimum absolute atomic E-state index is 0.166. The van der Waals surface area contributed by atoms with E-state index in [2.05, 4.69) is 10.3 Å². The van der Waals surface area contributed by atoms with Crippen LogP contribution in [0.2, 0.25) is 0 Å². The van der Waals surface area contributed by atoms with Crippen molar-refractivity contribution in [2.75, 3.05) is 0 Å². The Balaban J connectivity index is 1.41. The van der Waals surface area contributed by atoms with Crippen LogP contribution in [-0.2, 0) is 11.3 Å².